The lowest BCUT2D eigenvalue weighted by Gasteiger charge is -2.08. The van der Waals surface area contributed by atoms with Crippen molar-refractivity contribution in [1.82, 2.24) is 25.9 Å². The third-order valence-corrected chi connectivity index (χ3v) is 2.92. The van der Waals surface area contributed by atoms with Crippen molar-refractivity contribution in [3.8, 4) is 0 Å². The van der Waals surface area contributed by atoms with Gasteiger partial charge in [0.25, 0.3) is 0 Å². The van der Waals surface area contributed by atoms with E-state index in [0.29, 0.717) is 12.4 Å². The second kappa shape index (κ2) is 4.50. The molecule has 3 N–H and O–H groups in total. The van der Waals surface area contributed by atoms with E-state index in [4.69, 9.17) is 0 Å². The number of fused-ring (bicyclic) bond motifs is 1. The average Bonchev–Trinajstić information content (AvgIpc) is 2.99. The summed E-state index contributed by atoms with van der Waals surface area (Å²) < 4.78 is 0. The minimum atomic E-state index is 0.625. The van der Waals surface area contributed by atoms with Crippen molar-refractivity contribution in [2.45, 2.75) is 19.5 Å². The number of aromatic amines is 1. The lowest BCUT2D eigenvalue weighted by Crippen LogP contribution is -2.14. The van der Waals surface area contributed by atoms with Gasteiger partial charge in [-0.1, -0.05) is 23.4 Å². The minimum Gasteiger partial charge on any atom is -0.384 e. The number of para-hydroxylation sites is 1. The van der Waals surface area contributed by atoms with E-state index in [1.807, 2.05) is 0 Å². The van der Waals surface area contributed by atoms with Gasteiger partial charge < -0.3 is 10.6 Å². The van der Waals surface area contributed by atoms with Crippen LogP contribution in [0.25, 0.3) is 0 Å². The second-order valence-corrected chi connectivity index (χ2v) is 4.06. The van der Waals surface area contributed by atoms with Crippen LogP contribution in [0.15, 0.2) is 18.2 Å². The Morgan fingerprint density at radius 1 is 1.29 bits per heavy atom. The van der Waals surface area contributed by atoms with Crippen LogP contribution in [0.1, 0.15) is 17.0 Å². The highest BCUT2D eigenvalue weighted by Gasteiger charge is 2.12. The summed E-state index contributed by atoms with van der Waals surface area (Å²) in [5.74, 6) is 0.686. The molecule has 0 radical (unpaired) electrons. The third kappa shape index (κ3) is 2.12. The number of aromatic nitrogens is 4. The molecule has 1 aliphatic heterocycles. The fourth-order valence-electron chi connectivity index (χ4n) is 2.12. The normalized spacial score (nSPS) is 13.4. The van der Waals surface area contributed by atoms with Crippen LogP contribution >= 0.6 is 0 Å². The molecule has 1 aliphatic rings. The number of H-pyrrole nitrogens is 1. The Hall–Kier alpha value is -1.95. The Balaban J connectivity index is 1.64. The topological polar surface area (TPSA) is 78.5 Å². The minimum absolute atomic E-state index is 0.625. The van der Waals surface area contributed by atoms with E-state index >= 15 is 0 Å². The SMILES string of the molecule is c1cc2c(c(CNCc3nn[nH]n3)c1)NCC2. The van der Waals surface area contributed by atoms with Gasteiger partial charge in [-0.05, 0) is 17.5 Å². The molecule has 6 nitrogen and oxygen atoms in total. The summed E-state index contributed by atoms with van der Waals surface area (Å²) in [5, 5.41) is 20.5. The zero-order valence-corrected chi connectivity index (χ0v) is 9.40. The molecule has 3 rings (SSSR count). The van der Waals surface area contributed by atoms with E-state index in [9.17, 15) is 0 Å². The van der Waals surface area contributed by atoms with E-state index in [-0.39, 0.29) is 0 Å². The molecule has 0 aliphatic carbocycles. The molecule has 88 valence electrons. The van der Waals surface area contributed by atoms with Crippen molar-refractivity contribution in [3.63, 3.8) is 0 Å². The number of anilines is 1. The number of hydrogen-bond donors (Lipinski definition) is 3. The first-order valence-corrected chi connectivity index (χ1v) is 5.71. The molecule has 0 unspecified atom stereocenters. The van der Waals surface area contributed by atoms with Crippen LogP contribution in [0.5, 0.6) is 0 Å². The molecule has 1 aromatic carbocycles. The predicted molar refractivity (Wildman–Crippen MR) is 63.4 cm³/mol. The summed E-state index contributed by atoms with van der Waals surface area (Å²) in [6, 6.07) is 6.43. The van der Waals surface area contributed by atoms with Gasteiger partial charge in [-0.25, -0.2) is 0 Å². The van der Waals surface area contributed by atoms with Crippen molar-refractivity contribution in [3.05, 3.63) is 35.2 Å². The number of nitrogens with one attached hydrogen (secondary N) is 3. The fourth-order valence-corrected chi connectivity index (χ4v) is 2.12. The first-order chi connectivity index (χ1) is 8.43. The largest absolute Gasteiger partial charge is 0.384 e. The standard InChI is InChI=1S/C11H14N6/c1-2-8-4-5-13-11(8)9(3-1)6-12-7-10-14-16-17-15-10/h1-3,12-13H,4-7H2,(H,14,15,16,17). The summed E-state index contributed by atoms with van der Waals surface area (Å²) in [4.78, 5) is 0. The van der Waals surface area contributed by atoms with Crippen molar-refractivity contribution in [1.29, 1.82) is 0 Å². The molecular weight excluding hydrogens is 216 g/mol. The third-order valence-electron chi connectivity index (χ3n) is 2.92. The van der Waals surface area contributed by atoms with E-state index in [2.05, 4.69) is 49.5 Å². The maximum atomic E-state index is 3.89. The number of nitrogens with zero attached hydrogens (tertiary/aromatic N) is 3. The molecule has 0 bridgehead atoms. The Bertz CT molecular complexity index is 493. The van der Waals surface area contributed by atoms with Gasteiger partial charge in [0.15, 0.2) is 5.82 Å². The lowest BCUT2D eigenvalue weighted by atomic mass is 10.1. The first kappa shape index (κ1) is 10.2. The highest BCUT2D eigenvalue weighted by atomic mass is 15.5. The molecule has 2 heterocycles. The molecule has 0 atom stereocenters. The molecular formula is C11H14N6. The van der Waals surface area contributed by atoms with Crippen molar-refractivity contribution in [2.75, 3.05) is 11.9 Å². The average molecular weight is 230 g/mol. The van der Waals surface area contributed by atoms with Gasteiger partial charge in [-0.2, -0.15) is 5.21 Å². The molecule has 2 aromatic rings. The molecule has 1 aromatic heterocycles. The Labute approximate surface area is 98.8 Å². The van der Waals surface area contributed by atoms with Gasteiger partial charge in [0.2, 0.25) is 0 Å². The second-order valence-electron chi connectivity index (χ2n) is 4.06. The van der Waals surface area contributed by atoms with Gasteiger partial charge in [-0.15, -0.1) is 10.2 Å². The number of tetrazole rings is 1. The molecule has 0 saturated heterocycles. The lowest BCUT2D eigenvalue weighted by molar-refractivity contribution is 0.664. The summed E-state index contributed by atoms with van der Waals surface area (Å²) >= 11 is 0. The number of benzene rings is 1. The Morgan fingerprint density at radius 3 is 3.18 bits per heavy atom. The van der Waals surface area contributed by atoms with Crippen molar-refractivity contribution < 1.29 is 0 Å². The first-order valence-electron chi connectivity index (χ1n) is 5.71. The maximum Gasteiger partial charge on any atom is 0.188 e. The van der Waals surface area contributed by atoms with Crippen LogP contribution in [-0.4, -0.2) is 27.2 Å². The molecule has 6 heteroatoms. The van der Waals surface area contributed by atoms with Gasteiger partial charge in [0.1, 0.15) is 0 Å². The van der Waals surface area contributed by atoms with Crippen LogP contribution in [-0.2, 0) is 19.5 Å². The van der Waals surface area contributed by atoms with E-state index in [1.54, 1.807) is 0 Å². The van der Waals surface area contributed by atoms with E-state index in [0.717, 1.165) is 19.5 Å². The Kier molecular flexibility index (Phi) is 2.71. The predicted octanol–water partition coefficient (Wildman–Crippen LogP) is 0.457. The zero-order chi connectivity index (χ0) is 11.5. The van der Waals surface area contributed by atoms with E-state index in [1.165, 1.54) is 16.8 Å². The smallest absolute Gasteiger partial charge is 0.188 e. The van der Waals surface area contributed by atoms with Crippen LogP contribution in [0.2, 0.25) is 0 Å². The summed E-state index contributed by atoms with van der Waals surface area (Å²) in [6.07, 6.45) is 1.12. The van der Waals surface area contributed by atoms with Crippen molar-refractivity contribution >= 4 is 5.69 Å². The van der Waals surface area contributed by atoms with Gasteiger partial charge >= 0.3 is 0 Å². The highest BCUT2D eigenvalue weighted by Crippen LogP contribution is 2.26. The van der Waals surface area contributed by atoms with Crippen LogP contribution in [0.3, 0.4) is 0 Å². The maximum absolute atomic E-state index is 3.89. The van der Waals surface area contributed by atoms with Crippen LogP contribution < -0.4 is 10.6 Å². The molecule has 0 fully saturated rings. The van der Waals surface area contributed by atoms with Crippen LogP contribution in [0, 0.1) is 0 Å². The monoisotopic (exact) mass is 230 g/mol. The van der Waals surface area contributed by atoms with E-state index < -0.39 is 0 Å². The highest BCUT2D eigenvalue weighted by molar-refractivity contribution is 5.61. The summed E-state index contributed by atoms with van der Waals surface area (Å²) in [6.45, 7) is 2.47. The van der Waals surface area contributed by atoms with Gasteiger partial charge in [0, 0.05) is 18.8 Å². The number of rotatable bonds is 4. The summed E-state index contributed by atoms with van der Waals surface area (Å²) in [7, 11) is 0. The Morgan fingerprint density at radius 2 is 2.29 bits per heavy atom. The van der Waals surface area contributed by atoms with Crippen molar-refractivity contribution in [2.24, 2.45) is 0 Å². The molecule has 0 spiro atoms. The van der Waals surface area contributed by atoms with Gasteiger partial charge in [-0.3, -0.25) is 0 Å². The summed E-state index contributed by atoms with van der Waals surface area (Å²) in [5.41, 5.74) is 3.99. The quantitative estimate of drug-likeness (QED) is 0.711. The van der Waals surface area contributed by atoms with Gasteiger partial charge in [0.05, 0.1) is 6.54 Å². The fraction of sp³-hybridized carbons (Fsp3) is 0.364. The molecule has 0 saturated carbocycles. The zero-order valence-electron chi connectivity index (χ0n) is 9.40. The molecule has 17 heavy (non-hydrogen) atoms. The number of hydrogen-bond acceptors (Lipinski definition) is 5. The molecule has 0 amide bonds. The van der Waals surface area contributed by atoms with Crippen LogP contribution in [0.4, 0.5) is 5.69 Å².